The van der Waals surface area contributed by atoms with Gasteiger partial charge in [-0.25, -0.2) is 4.39 Å². The van der Waals surface area contributed by atoms with Gasteiger partial charge in [0.2, 0.25) is 5.91 Å². The van der Waals surface area contributed by atoms with Crippen molar-refractivity contribution in [3.8, 4) is 0 Å². The number of rotatable bonds is 7. The third kappa shape index (κ3) is 5.37. The molecule has 0 radical (unpaired) electrons. The van der Waals surface area contributed by atoms with Crippen LogP contribution in [0.2, 0.25) is 0 Å². The molecular weight excluding hydrogens is 361 g/mol. The quantitative estimate of drug-likeness (QED) is 0.789. The first-order valence-corrected chi connectivity index (χ1v) is 10.5. The van der Waals surface area contributed by atoms with Gasteiger partial charge < -0.3 is 10.2 Å². The second kappa shape index (κ2) is 9.44. The fourth-order valence-corrected chi connectivity index (χ4v) is 4.70. The normalized spacial score (nSPS) is 18.2. The maximum Gasteiger partial charge on any atom is 0.224 e. The number of nitrogens with one attached hydrogen (secondary N) is 1. The smallest absolute Gasteiger partial charge is 0.224 e. The highest BCUT2D eigenvalue weighted by molar-refractivity contribution is 7.10. The van der Waals surface area contributed by atoms with Gasteiger partial charge >= 0.3 is 0 Å². The zero-order chi connectivity index (χ0) is 19.2. The number of carbonyl (C=O) groups is 1. The SMILES string of the molecule is CCN1CCN([C@@H](c2cccs2)[C@H](C)NC(=O)Cc2ccc(F)cc2)CC1. The maximum atomic E-state index is 13.0. The van der Waals surface area contributed by atoms with E-state index in [0.29, 0.717) is 0 Å². The van der Waals surface area contributed by atoms with Crippen LogP contribution >= 0.6 is 11.3 Å². The molecule has 0 aliphatic carbocycles. The molecule has 1 N–H and O–H groups in total. The summed E-state index contributed by atoms with van der Waals surface area (Å²) in [6.45, 7) is 9.51. The van der Waals surface area contributed by atoms with Crippen LogP contribution in [0.15, 0.2) is 41.8 Å². The molecule has 0 saturated carbocycles. The number of piperazine rings is 1. The van der Waals surface area contributed by atoms with E-state index in [9.17, 15) is 9.18 Å². The molecular formula is C21H28FN3OS. The first-order valence-electron chi connectivity index (χ1n) is 9.60. The van der Waals surface area contributed by atoms with Gasteiger partial charge in [0.05, 0.1) is 12.5 Å². The zero-order valence-corrected chi connectivity index (χ0v) is 16.8. The van der Waals surface area contributed by atoms with Crippen molar-refractivity contribution in [2.24, 2.45) is 0 Å². The first kappa shape index (κ1) is 20.0. The molecule has 6 heteroatoms. The van der Waals surface area contributed by atoms with Crippen LogP contribution in [0.3, 0.4) is 0 Å². The van der Waals surface area contributed by atoms with Crippen LogP contribution in [0.4, 0.5) is 4.39 Å². The van der Waals surface area contributed by atoms with Crippen LogP contribution in [-0.2, 0) is 11.2 Å². The maximum absolute atomic E-state index is 13.0. The molecule has 146 valence electrons. The molecule has 1 aliphatic heterocycles. The van der Waals surface area contributed by atoms with Crippen LogP contribution < -0.4 is 5.32 Å². The van der Waals surface area contributed by atoms with Crippen molar-refractivity contribution in [3.05, 3.63) is 58.0 Å². The van der Waals surface area contributed by atoms with Crippen molar-refractivity contribution in [2.75, 3.05) is 32.7 Å². The molecule has 1 amide bonds. The molecule has 2 aromatic rings. The van der Waals surface area contributed by atoms with Gasteiger partial charge in [-0.05, 0) is 42.6 Å². The Hall–Kier alpha value is -1.76. The Morgan fingerprint density at radius 2 is 1.89 bits per heavy atom. The van der Waals surface area contributed by atoms with E-state index in [1.807, 2.05) is 0 Å². The van der Waals surface area contributed by atoms with Crippen LogP contribution in [0.25, 0.3) is 0 Å². The average molecular weight is 390 g/mol. The van der Waals surface area contributed by atoms with Gasteiger partial charge in [0, 0.05) is 37.1 Å². The largest absolute Gasteiger partial charge is 0.351 e. The van der Waals surface area contributed by atoms with Crippen molar-refractivity contribution in [3.63, 3.8) is 0 Å². The minimum Gasteiger partial charge on any atom is -0.351 e. The second-order valence-electron chi connectivity index (χ2n) is 7.09. The molecule has 0 bridgehead atoms. The van der Waals surface area contributed by atoms with Gasteiger partial charge in [-0.2, -0.15) is 0 Å². The number of nitrogens with zero attached hydrogens (tertiary/aromatic N) is 2. The average Bonchev–Trinajstić information content (AvgIpc) is 3.18. The van der Waals surface area contributed by atoms with Crippen LogP contribution in [0.1, 0.15) is 30.3 Å². The summed E-state index contributed by atoms with van der Waals surface area (Å²) in [6.07, 6.45) is 0.269. The molecule has 2 heterocycles. The Kier molecular flexibility index (Phi) is 6.99. The molecule has 3 rings (SSSR count). The number of benzene rings is 1. The Bertz CT molecular complexity index is 712. The predicted octanol–water partition coefficient (Wildman–Crippen LogP) is 3.31. The van der Waals surface area contributed by atoms with Gasteiger partial charge in [0.1, 0.15) is 5.82 Å². The molecule has 0 unspecified atom stereocenters. The van der Waals surface area contributed by atoms with Gasteiger partial charge in [-0.15, -0.1) is 11.3 Å². The number of thiophene rings is 1. The van der Waals surface area contributed by atoms with Crippen LogP contribution in [0.5, 0.6) is 0 Å². The Morgan fingerprint density at radius 1 is 1.19 bits per heavy atom. The van der Waals surface area contributed by atoms with Crippen molar-refractivity contribution in [1.82, 2.24) is 15.1 Å². The number of likely N-dealkylation sites (N-methyl/N-ethyl adjacent to an activating group) is 1. The monoisotopic (exact) mass is 389 g/mol. The summed E-state index contributed by atoms with van der Waals surface area (Å²) >= 11 is 1.74. The van der Waals surface area contributed by atoms with E-state index in [1.54, 1.807) is 23.5 Å². The lowest BCUT2D eigenvalue weighted by Crippen LogP contribution is -2.52. The minimum atomic E-state index is -0.281. The van der Waals surface area contributed by atoms with Crippen molar-refractivity contribution >= 4 is 17.2 Å². The lowest BCUT2D eigenvalue weighted by molar-refractivity contribution is -0.121. The van der Waals surface area contributed by atoms with E-state index >= 15 is 0 Å². The highest BCUT2D eigenvalue weighted by Crippen LogP contribution is 2.29. The number of hydrogen-bond acceptors (Lipinski definition) is 4. The Morgan fingerprint density at radius 3 is 2.48 bits per heavy atom. The summed E-state index contributed by atoms with van der Waals surface area (Å²) in [4.78, 5) is 18.8. The fourth-order valence-electron chi connectivity index (χ4n) is 3.73. The molecule has 1 fully saturated rings. The Labute approximate surface area is 165 Å². The van der Waals surface area contributed by atoms with E-state index in [-0.39, 0.29) is 30.2 Å². The minimum absolute atomic E-state index is 0.00442. The number of hydrogen-bond donors (Lipinski definition) is 1. The number of halogens is 1. The topological polar surface area (TPSA) is 35.6 Å². The van der Waals surface area contributed by atoms with Crippen molar-refractivity contribution < 1.29 is 9.18 Å². The molecule has 1 aromatic carbocycles. The lowest BCUT2D eigenvalue weighted by atomic mass is 10.0. The van der Waals surface area contributed by atoms with E-state index in [2.05, 4.69) is 46.5 Å². The van der Waals surface area contributed by atoms with Gasteiger partial charge in [-0.1, -0.05) is 25.1 Å². The Balaban J connectivity index is 1.65. The highest BCUT2D eigenvalue weighted by Gasteiger charge is 2.30. The predicted molar refractivity (Wildman–Crippen MR) is 108 cm³/mol. The molecule has 1 aliphatic rings. The van der Waals surface area contributed by atoms with Gasteiger partial charge in [0.25, 0.3) is 0 Å². The number of amides is 1. The summed E-state index contributed by atoms with van der Waals surface area (Å²) < 4.78 is 13.0. The molecule has 27 heavy (non-hydrogen) atoms. The lowest BCUT2D eigenvalue weighted by Gasteiger charge is -2.41. The molecule has 4 nitrogen and oxygen atoms in total. The summed E-state index contributed by atoms with van der Waals surface area (Å²) in [5.74, 6) is -0.306. The fraction of sp³-hybridized carbons (Fsp3) is 0.476. The summed E-state index contributed by atoms with van der Waals surface area (Å²) in [6, 6.07) is 10.5. The third-order valence-electron chi connectivity index (χ3n) is 5.22. The molecule has 0 spiro atoms. The first-order chi connectivity index (χ1) is 13.1. The van der Waals surface area contributed by atoms with Crippen molar-refractivity contribution in [2.45, 2.75) is 32.4 Å². The molecule has 1 saturated heterocycles. The van der Waals surface area contributed by atoms with E-state index in [4.69, 9.17) is 0 Å². The zero-order valence-electron chi connectivity index (χ0n) is 16.0. The summed E-state index contributed by atoms with van der Waals surface area (Å²) in [7, 11) is 0. The van der Waals surface area contributed by atoms with Gasteiger partial charge in [0.15, 0.2) is 0 Å². The van der Waals surface area contributed by atoms with Crippen molar-refractivity contribution in [1.29, 1.82) is 0 Å². The molecule has 1 aromatic heterocycles. The second-order valence-corrected chi connectivity index (χ2v) is 8.07. The standard InChI is InChI=1S/C21H28FN3OS/c1-3-24-10-12-25(13-11-24)21(19-5-4-14-27-19)16(2)23-20(26)15-17-6-8-18(22)9-7-17/h4-9,14,16,21H,3,10-13,15H2,1-2H3,(H,23,26)/t16-,21+/m0/s1. The van der Waals surface area contributed by atoms with E-state index in [0.717, 1.165) is 38.3 Å². The van der Waals surface area contributed by atoms with E-state index < -0.39 is 0 Å². The highest BCUT2D eigenvalue weighted by atomic mass is 32.1. The van der Waals surface area contributed by atoms with E-state index in [1.165, 1.54) is 17.0 Å². The molecule has 2 atom stereocenters. The van der Waals surface area contributed by atoms with Gasteiger partial charge in [-0.3, -0.25) is 9.69 Å². The number of carbonyl (C=O) groups excluding carboxylic acids is 1. The summed E-state index contributed by atoms with van der Waals surface area (Å²) in [5.41, 5.74) is 0.824. The van der Waals surface area contributed by atoms with Crippen LogP contribution in [-0.4, -0.2) is 54.5 Å². The summed E-state index contributed by atoms with van der Waals surface area (Å²) in [5, 5.41) is 5.27. The van der Waals surface area contributed by atoms with Crippen LogP contribution in [0, 0.1) is 5.82 Å². The third-order valence-corrected chi connectivity index (χ3v) is 6.17.